The number of nitrogens with one attached hydrogen (secondary N) is 1. The maximum atomic E-state index is 13.0. The number of benzene rings is 3. The fourth-order valence-corrected chi connectivity index (χ4v) is 3.52. The number of rotatable bonds is 10. The summed E-state index contributed by atoms with van der Waals surface area (Å²) in [5, 5.41) is 4.03. The molecule has 0 aromatic heterocycles. The lowest BCUT2D eigenvalue weighted by atomic mass is 10.2. The number of hydrogen-bond acceptors (Lipinski definition) is 4. The van der Waals surface area contributed by atoms with E-state index in [1.165, 1.54) is 0 Å². The van der Waals surface area contributed by atoms with Gasteiger partial charge in [0.25, 0.3) is 0 Å². The summed E-state index contributed by atoms with van der Waals surface area (Å²) in [6, 6.07) is 26.8. The molecule has 6 nitrogen and oxygen atoms in total. The van der Waals surface area contributed by atoms with Crippen LogP contribution in [0.2, 0.25) is 0 Å². The lowest BCUT2D eigenvalue weighted by Crippen LogP contribution is -2.27. The summed E-state index contributed by atoms with van der Waals surface area (Å²) in [6.45, 7) is 6.14. The zero-order valence-corrected chi connectivity index (χ0v) is 19.1. The van der Waals surface area contributed by atoms with Gasteiger partial charge >= 0.3 is 0 Å². The minimum atomic E-state index is -0.305. The monoisotopic (exact) mass is 442 g/mol. The van der Waals surface area contributed by atoms with Crippen molar-refractivity contribution in [2.75, 3.05) is 22.9 Å². The van der Waals surface area contributed by atoms with Crippen LogP contribution in [-0.4, -0.2) is 31.1 Å². The quantitative estimate of drug-likeness (QED) is 0.350. The molecule has 0 radical (unpaired) electrons. The van der Waals surface area contributed by atoms with Gasteiger partial charge in [0.05, 0.1) is 6.21 Å². The first kappa shape index (κ1) is 23.7. The van der Waals surface area contributed by atoms with Gasteiger partial charge in [0, 0.05) is 43.0 Å². The third kappa shape index (κ3) is 6.77. The number of carbonyl (C=O) groups excluding carboxylic acids is 2. The molecular weight excluding hydrogens is 412 g/mol. The highest BCUT2D eigenvalue weighted by atomic mass is 16.2. The fraction of sp³-hybridized carbons (Fsp3) is 0.222. The molecule has 0 unspecified atom stereocenters. The van der Waals surface area contributed by atoms with Crippen molar-refractivity contribution < 1.29 is 9.59 Å². The molecule has 170 valence electrons. The molecule has 0 saturated carbocycles. The maximum Gasteiger partial charge on any atom is 0.240 e. The highest BCUT2D eigenvalue weighted by Crippen LogP contribution is 2.26. The first-order valence-corrected chi connectivity index (χ1v) is 11.2. The predicted molar refractivity (Wildman–Crippen MR) is 135 cm³/mol. The highest BCUT2D eigenvalue weighted by molar-refractivity contribution is 6.01. The smallest absolute Gasteiger partial charge is 0.240 e. The van der Waals surface area contributed by atoms with E-state index in [2.05, 4.69) is 29.3 Å². The van der Waals surface area contributed by atoms with Crippen LogP contribution in [-0.2, 0) is 9.59 Å². The van der Waals surface area contributed by atoms with Gasteiger partial charge in [0.1, 0.15) is 0 Å². The van der Waals surface area contributed by atoms with E-state index in [1.807, 2.05) is 84.9 Å². The summed E-state index contributed by atoms with van der Waals surface area (Å²) in [5.41, 5.74) is 6.09. The molecule has 0 aliphatic heterocycles. The lowest BCUT2D eigenvalue weighted by Gasteiger charge is -2.23. The summed E-state index contributed by atoms with van der Waals surface area (Å²) in [6.07, 6.45) is 1.73. The summed E-state index contributed by atoms with van der Waals surface area (Å²) < 4.78 is 0. The van der Waals surface area contributed by atoms with Crippen molar-refractivity contribution in [1.82, 2.24) is 5.43 Å². The Morgan fingerprint density at radius 3 is 1.82 bits per heavy atom. The van der Waals surface area contributed by atoms with Gasteiger partial charge in [-0.3, -0.25) is 14.5 Å². The third-order valence-corrected chi connectivity index (χ3v) is 5.27. The Bertz CT molecular complexity index is 1010. The van der Waals surface area contributed by atoms with Crippen LogP contribution < -0.4 is 15.2 Å². The molecule has 0 bridgehead atoms. The second kappa shape index (κ2) is 12.2. The molecule has 1 N–H and O–H groups in total. The lowest BCUT2D eigenvalue weighted by molar-refractivity contribution is -0.124. The molecular formula is C27H30N4O2. The Morgan fingerprint density at radius 1 is 0.758 bits per heavy atom. The number of hydrazone groups is 1. The fourth-order valence-electron chi connectivity index (χ4n) is 3.52. The van der Waals surface area contributed by atoms with Crippen LogP contribution in [0.3, 0.4) is 0 Å². The van der Waals surface area contributed by atoms with E-state index in [0.717, 1.165) is 35.7 Å². The minimum Gasteiger partial charge on any atom is -0.372 e. The standard InChI is InChI=1S/C27H30N4O2/c1-3-30(4-2)23-17-15-22(16-18-23)21-28-29-26(32)19-20-27(33)31(24-11-7-5-8-12-24)25-13-9-6-10-14-25/h5-18,21H,3-4,19-20H2,1-2H3,(H,29,32)/b28-21-. The van der Waals surface area contributed by atoms with Crippen LogP contribution >= 0.6 is 0 Å². The summed E-state index contributed by atoms with van der Waals surface area (Å²) >= 11 is 0. The Balaban J connectivity index is 1.55. The topological polar surface area (TPSA) is 65.0 Å². The average molecular weight is 443 g/mol. The van der Waals surface area contributed by atoms with Gasteiger partial charge in [-0.2, -0.15) is 5.10 Å². The van der Waals surface area contributed by atoms with E-state index in [9.17, 15) is 9.59 Å². The van der Waals surface area contributed by atoms with Gasteiger partial charge in [-0.25, -0.2) is 5.43 Å². The van der Waals surface area contributed by atoms with E-state index >= 15 is 0 Å². The van der Waals surface area contributed by atoms with Crippen LogP contribution in [0.25, 0.3) is 0 Å². The Kier molecular flexibility index (Phi) is 8.77. The molecule has 3 aromatic carbocycles. The van der Waals surface area contributed by atoms with E-state index in [0.29, 0.717) is 0 Å². The van der Waals surface area contributed by atoms with E-state index in [4.69, 9.17) is 0 Å². The van der Waals surface area contributed by atoms with Gasteiger partial charge < -0.3 is 4.90 Å². The number of nitrogens with zero attached hydrogens (tertiary/aromatic N) is 3. The zero-order valence-electron chi connectivity index (χ0n) is 19.1. The van der Waals surface area contributed by atoms with Crippen molar-refractivity contribution in [3.8, 4) is 0 Å². The van der Waals surface area contributed by atoms with Crippen molar-refractivity contribution in [3.05, 3.63) is 90.5 Å². The second-order valence-electron chi connectivity index (χ2n) is 7.46. The number of hydrogen-bond donors (Lipinski definition) is 1. The molecule has 3 aromatic rings. The molecule has 3 rings (SSSR count). The Labute approximate surface area is 195 Å². The summed E-state index contributed by atoms with van der Waals surface area (Å²) in [4.78, 5) is 29.1. The molecule has 6 heteroatoms. The number of carbonyl (C=O) groups is 2. The predicted octanol–water partition coefficient (Wildman–Crippen LogP) is 5.13. The highest BCUT2D eigenvalue weighted by Gasteiger charge is 2.18. The van der Waals surface area contributed by atoms with Gasteiger partial charge in [0.2, 0.25) is 11.8 Å². The van der Waals surface area contributed by atoms with E-state index < -0.39 is 0 Å². The normalized spacial score (nSPS) is 10.7. The molecule has 0 atom stereocenters. The summed E-state index contributed by atoms with van der Waals surface area (Å²) in [7, 11) is 0. The molecule has 33 heavy (non-hydrogen) atoms. The van der Waals surface area contributed by atoms with Gasteiger partial charge in [-0.15, -0.1) is 0 Å². The zero-order chi connectivity index (χ0) is 23.5. The summed E-state index contributed by atoms with van der Waals surface area (Å²) in [5.74, 6) is -0.459. The first-order chi connectivity index (χ1) is 16.1. The second-order valence-corrected chi connectivity index (χ2v) is 7.46. The van der Waals surface area contributed by atoms with Crippen molar-refractivity contribution in [2.24, 2.45) is 5.10 Å². The average Bonchev–Trinajstić information content (AvgIpc) is 2.86. The third-order valence-electron chi connectivity index (χ3n) is 5.27. The minimum absolute atomic E-state index is 0.0488. The van der Waals surface area contributed by atoms with Crippen LogP contribution in [0, 0.1) is 0 Å². The van der Waals surface area contributed by atoms with Crippen molar-refractivity contribution in [3.63, 3.8) is 0 Å². The molecule has 0 heterocycles. The van der Waals surface area contributed by atoms with Gasteiger partial charge in [0.15, 0.2) is 0 Å². The molecule has 0 fully saturated rings. The van der Waals surface area contributed by atoms with Crippen LogP contribution in [0.15, 0.2) is 90.0 Å². The molecule has 0 saturated heterocycles. The van der Waals surface area contributed by atoms with Crippen LogP contribution in [0.5, 0.6) is 0 Å². The van der Waals surface area contributed by atoms with E-state index in [1.54, 1.807) is 11.1 Å². The Hall–Kier alpha value is -3.93. The SMILES string of the molecule is CCN(CC)c1ccc(/C=N\NC(=O)CCC(=O)N(c2ccccc2)c2ccccc2)cc1. The number of amides is 2. The van der Waals surface area contributed by atoms with Crippen molar-refractivity contribution >= 4 is 35.1 Å². The molecule has 0 aliphatic rings. The van der Waals surface area contributed by atoms with E-state index in [-0.39, 0.29) is 24.7 Å². The molecule has 0 spiro atoms. The van der Waals surface area contributed by atoms with Gasteiger partial charge in [-0.05, 0) is 55.8 Å². The van der Waals surface area contributed by atoms with Crippen LogP contribution in [0.1, 0.15) is 32.3 Å². The Morgan fingerprint density at radius 2 is 1.30 bits per heavy atom. The molecule has 0 aliphatic carbocycles. The van der Waals surface area contributed by atoms with Crippen molar-refractivity contribution in [1.29, 1.82) is 0 Å². The molecule has 2 amide bonds. The first-order valence-electron chi connectivity index (χ1n) is 11.2. The van der Waals surface area contributed by atoms with Crippen LogP contribution in [0.4, 0.5) is 17.1 Å². The number of para-hydroxylation sites is 2. The largest absolute Gasteiger partial charge is 0.372 e. The van der Waals surface area contributed by atoms with Gasteiger partial charge in [-0.1, -0.05) is 48.5 Å². The maximum absolute atomic E-state index is 13.0. The number of anilines is 3. The van der Waals surface area contributed by atoms with Crippen molar-refractivity contribution in [2.45, 2.75) is 26.7 Å².